The monoisotopic (exact) mass is 364 g/mol. The Labute approximate surface area is 156 Å². The van der Waals surface area contributed by atoms with Crippen LogP contribution in [0.25, 0.3) is 5.65 Å². The summed E-state index contributed by atoms with van der Waals surface area (Å²) in [4.78, 5) is 17.1. The Morgan fingerprint density at radius 2 is 2.22 bits per heavy atom. The number of nitrogens with one attached hydrogen (secondary N) is 1. The molecule has 2 N–H and O–H groups in total. The minimum Gasteiger partial charge on any atom is -0.493 e. The predicted octanol–water partition coefficient (Wildman–Crippen LogP) is 1.91. The van der Waals surface area contributed by atoms with Gasteiger partial charge < -0.3 is 15.2 Å². The van der Waals surface area contributed by atoms with Crippen molar-refractivity contribution in [3.8, 4) is 5.75 Å². The van der Waals surface area contributed by atoms with Crippen molar-refractivity contribution in [3.63, 3.8) is 0 Å². The molecule has 27 heavy (non-hydrogen) atoms. The fourth-order valence-corrected chi connectivity index (χ4v) is 3.93. The van der Waals surface area contributed by atoms with Crippen LogP contribution in [0.15, 0.2) is 42.7 Å². The number of rotatable bonds is 4. The number of nitrogens with zero attached hydrogens (tertiary/aromatic N) is 3. The average Bonchev–Trinajstić information content (AvgIpc) is 3.29. The minimum atomic E-state index is -0.286. The van der Waals surface area contributed by atoms with E-state index in [0.29, 0.717) is 30.8 Å². The van der Waals surface area contributed by atoms with Crippen LogP contribution in [-0.2, 0) is 6.42 Å². The fourth-order valence-electron chi connectivity index (χ4n) is 3.93. The van der Waals surface area contributed by atoms with Crippen LogP contribution < -0.4 is 10.1 Å². The second kappa shape index (κ2) is 6.35. The molecule has 0 spiro atoms. The van der Waals surface area contributed by atoms with Gasteiger partial charge in [-0.2, -0.15) is 5.10 Å². The van der Waals surface area contributed by atoms with Crippen LogP contribution in [0.4, 0.5) is 0 Å². The van der Waals surface area contributed by atoms with Gasteiger partial charge in [0.15, 0.2) is 11.3 Å². The van der Waals surface area contributed by atoms with Crippen molar-refractivity contribution in [2.24, 2.45) is 5.92 Å². The molecule has 2 aliphatic rings. The summed E-state index contributed by atoms with van der Waals surface area (Å²) in [5.41, 5.74) is 3.19. The number of ether oxygens (including phenoxy) is 1. The fraction of sp³-hybridized carbons (Fsp3) is 0.350. The highest BCUT2D eigenvalue weighted by molar-refractivity contribution is 5.93. The molecule has 7 heteroatoms. The Hall–Kier alpha value is -2.93. The molecule has 1 aromatic carbocycles. The lowest BCUT2D eigenvalue weighted by Gasteiger charge is -2.38. The summed E-state index contributed by atoms with van der Waals surface area (Å²) >= 11 is 0. The van der Waals surface area contributed by atoms with E-state index in [4.69, 9.17) is 4.74 Å². The van der Waals surface area contributed by atoms with Gasteiger partial charge in [0, 0.05) is 24.9 Å². The third-order valence-electron chi connectivity index (χ3n) is 5.45. The topological polar surface area (TPSA) is 88.8 Å². The van der Waals surface area contributed by atoms with Crippen molar-refractivity contribution in [1.29, 1.82) is 0 Å². The molecule has 3 heterocycles. The van der Waals surface area contributed by atoms with Crippen LogP contribution in [0.1, 0.15) is 40.5 Å². The number of aromatic nitrogens is 3. The largest absolute Gasteiger partial charge is 0.493 e. The van der Waals surface area contributed by atoms with E-state index in [1.165, 1.54) is 5.56 Å². The first kappa shape index (κ1) is 16.3. The molecule has 2 aromatic heterocycles. The Morgan fingerprint density at radius 3 is 3.04 bits per heavy atom. The van der Waals surface area contributed by atoms with E-state index in [1.54, 1.807) is 29.0 Å². The molecule has 138 valence electrons. The predicted molar refractivity (Wildman–Crippen MR) is 97.6 cm³/mol. The van der Waals surface area contributed by atoms with E-state index in [1.807, 2.05) is 12.1 Å². The zero-order valence-electron chi connectivity index (χ0n) is 14.7. The zero-order chi connectivity index (χ0) is 18.4. The summed E-state index contributed by atoms with van der Waals surface area (Å²) in [5.74, 6) is 0.895. The van der Waals surface area contributed by atoms with Gasteiger partial charge in [-0.1, -0.05) is 6.07 Å². The summed E-state index contributed by atoms with van der Waals surface area (Å²) in [6.07, 6.45) is 5.40. The minimum absolute atomic E-state index is 0.162. The van der Waals surface area contributed by atoms with E-state index in [9.17, 15) is 9.90 Å². The van der Waals surface area contributed by atoms with Gasteiger partial charge in [-0.15, -0.1) is 0 Å². The number of hydrogen-bond donors (Lipinski definition) is 2. The van der Waals surface area contributed by atoms with Crippen molar-refractivity contribution in [2.75, 3.05) is 6.61 Å². The van der Waals surface area contributed by atoms with Crippen LogP contribution >= 0.6 is 0 Å². The van der Waals surface area contributed by atoms with E-state index >= 15 is 0 Å². The number of hydrogen-bond acceptors (Lipinski definition) is 5. The van der Waals surface area contributed by atoms with Gasteiger partial charge in [-0.25, -0.2) is 9.50 Å². The highest BCUT2D eigenvalue weighted by Crippen LogP contribution is 2.39. The molecule has 1 aliphatic heterocycles. The van der Waals surface area contributed by atoms with Crippen molar-refractivity contribution >= 4 is 11.6 Å². The molecule has 1 fully saturated rings. The van der Waals surface area contributed by atoms with Gasteiger partial charge in [0.05, 0.1) is 18.8 Å². The highest BCUT2D eigenvalue weighted by atomic mass is 16.5. The average molecular weight is 364 g/mol. The highest BCUT2D eigenvalue weighted by Gasteiger charge is 2.36. The van der Waals surface area contributed by atoms with Crippen molar-refractivity contribution < 1.29 is 14.6 Å². The van der Waals surface area contributed by atoms with E-state index < -0.39 is 0 Å². The number of amides is 1. The van der Waals surface area contributed by atoms with Crippen LogP contribution in [0.3, 0.4) is 0 Å². The van der Waals surface area contributed by atoms with Crippen LogP contribution in [-0.4, -0.2) is 38.3 Å². The molecule has 1 amide bonds. The van der Waals surface area contributed by atoms with Gasteiger partial charge in [0.1, 0.15) is 5.75 Å². The molecule has 0 bridgehead atoms. The van der Waals surface area contributed by atoms with E-state index in [2.05, 4.69) is 21.5 Å². The molecule has 1 saturated carbocycles. The Morgan fingerprint density at radius 1 is 1.33 bits per heavy atom. The molecule has 1 atom stereocenters. The second-order valence-corrected chi connectivity index (χ2v) is 7.25. The molecule has 1 aliphatic carbocycles. The van der Waals surface area contributed by atoms with Gasteiger partial charge in [0.2, 0.25) is 0 Å². The molecule has 7 nitrogen and oxygen atoms in total. The Kier molecular flexibility index (Phi) is 3.82. The van der Waals surface area contributed by atoms with Gasteiger partial charge in [0.25, 0.3) is 5.91 Å². The smallest absolute Gasteiger partial charge is 0.272 e. The molecule has 0 radical (unpaired) electrons. The first-order valence-corrected chi connectivity index (χ1v) is 9.22. The lowest BCUT2D eigenvalue weighted by Crippen LogP contribution is -2.41. The zero-order valence-corrected chi connectivity index (χ0v) is 14.7. The van der Waals surface area contributed by atoms with E-state index in [-0.39, 0.29) is 24.0 Å². The summed E-state index contributed by atoms with van der Waals surface area (Å²) in [6.45, 7) is 0.701. The maximum atomic E-state index is 12.9. The number of aliphatic hydroxyl groups excluding tert-OH is 1. The number of carbonyl (C=O) groups excluding carboxylic acids is 1. The van der Waals surface area contributed by atoms with Crippen LogP contribution in [0.5, 0.6) is 5.75 Å². The SMILES string of the molecule is O=C(N[C@@H](c1ccc2c(c1)CCO2)C1CC(O)C1)c1cc2ncccn2n1. The Bertz CT molecular complexity index is 976. The molecule has 0 unspecified atom stereocenters. The normalized spacial score (nSPS) is 22.0. The van der Waals surface area contributed by atoms with E-state index in [0.717, 1.165) is 17.7 Å². The molecule has 5 rings (SSSR count). The molecular weight excluding hydrogens is 344 g/mol. The Balaban J connectivity index is 1.43. The third kappa shape index (κ3) is 2.94. The lowest BCUT2D eigenvalue weighted by atomic mass is 9.75. The first-order valence-electron chi connectivity index (χ1n) is 9.22. The number of aliphatic hydroxyl groups is 1. The maximum absolute atomic E-state index is 12.9. The van der Waals surface area contributed by atoms with Crippen LogP contribution in [0, 0.1) is 5.92 Å². The first-order chi connectivity index (χ1) is 13.2. The van der Waals surface area contributed by atoms with Crippen molar-refractivity contribution in [3.05, 3.63) is 59.5 Å². The van der Waals surface area contributed by atoms with Crippen molar-refractivity contribution in [2.45, 2.75) is 31.4 Å². The number of carbonyl (C=O) groups is 1. The van der Waals surface area contributed by atoms with Gasteiger partial charge in [-0.3, -0.25) is 4.79 Å². The van der Waals surface area contributed by atoms with Gasteiger partial charge >= 0.3 is 0 Å². The number of fused-ring (bicyclic) bond motifs is 2. The summed E-state index contributed by atoms with van der Waals surface area (Å²) in [7, 11) is 0. The summed E-state index contributed by atoms with van der Waals surface area (Å²) in [6, 6.07) is 9.38. The maximum Gasteiger partial charge on any atom is 0.272 e. The molecule has 3 aromatic rings. The molecule has 0 saturated heterocycles. The quantitative estimate of drug-likeness (QED) is 0.738. The third-order valence-corrected chi connectivity index (χ3v) is 5.45. The summed E-state index contributed by atoms with van der Waals surface area (Å²) < 4.78 is 7.18. The molecular formula is C20H20N4O3. The number of benzene rings is 1. The van der Waals surface area contributed by atoms with Crippen LogP contribution in [0.2, 0.25) is 0 Å². The van der Waals surface area contributed by atoms with Gasteiger partial charge in [-0.05, 0) is 48.1 Å². The summed E-state index contributed by atoms with van der Waals surface area (Å²) in [5, 5.41) is 17.2. The van der Waals surface area contributed by atoms with Crippen molar-refractivity contribution in [1.82, 2.24) is 19.9 Å². The lowest BCUT2D eigenvalue weighted by molar-refractivity contribution is 0.0234. The standard InChI is InChI=1S/C20H20N4O3/c25-15-9-14(10-15)19(13-2-3-17-12(8-13)4-7-27-17)22-20(26)16-11-18-21-5-1-6-24(18)23-16/h1-3,5-6,8,11,14-15,19,25H,4,7,9-10H2,(H,22,26)/t14?,15?,19-/m0/s1. The second-order valence-electron chi connectivity index (χ2n) is 7.25.